The summed E-state index contributed by atoms with van der Waals surface area (Å²) in [5, 5.41) is 9.75. The second-order valence-corrected chi connectivity index (χ2v) is 8.83. The third-order valence-corrected chi connectivity index (χ3v) is 5.18. The molecule has 1 heterocycles. The molecule has 0 saturated heterocycles. The molecule has 0 amide bonds. The Kier molecular flexibility index (Phi) is 5.63. The second-order valence-electron chi connectivity index (χ2n) is 8.83. The maximum absolute atomic E-state index is 11.9. The van der Waals surface area contributed by atoms with Crippen LogP contribution in [0.5, 0.6) is 5.75 Å². The Hall–Kier alpha value is -3.26. The lowest BCUT2D eigenvalue weighted by molar-refractivity contribution is -0.139. The third-order valence-electron chi connectivity index (χ3n) is 5.18. The first kappa shape index (κ1) is 21.4. The van der Waals surface area contributed by atoms with Crippen molar-refractivity contribution in [3.05, 3.63) is 64.2 Å². The molecule has 0 unspecified atom stereocenters. The fourth-order valence-electron chi connectivity index (χ4n) is 4.03. The van der Waals surface area contributed by atoms with E-state index in [1.807, 2.05) is 44.2 Å². The van der Waals surface area contributed by atoms with Gasteiger partial charge >= 0.3 is 11.9 Å². The summed E-state index contributed by atoms with van der Waals surface area (Å²) in [7, 11) is 1.36. The first-order valence-corrected chi connectivity index (χ1v) is 9.79. The average molecular weight is 406 g/mol. The minimum atomic E-state index is -1.03. The average Bonchev–Trinajstić information content (AvgIpc) is 2.65. The molecule has 0 fully saturated rings. The first-order chi connectivity index (χ1) is 14.0. The van der Waals surface area contributed by atoms with Gasteiger partial charge in [0.2, 0.25) is 0 Å². The third kappa shape index (κ3) is 4.65. The summed E-state index contributed by atoms with van der Waals surface area (Å²) < 4.78 is 10.7. The maximum Gasteiger partial charge on any atom is 0.339 e. The highest BCUT2D eigenvalue weighted by Crippen LogP contribution is 2.46. The van der Waals surface area contributed by atoms with E-state index in [4.69, 9.17) is 4.74 Å². The summed E-state index contributed by atoms with van der Waals surface area (Å²) in [6, 6.07) is 10.8. The quantitative estimate of drug-likeness (QED) is 0.606. The number of benzene rings is 2. The van der Waals surface area contributed by atoms with Gasteiger partial charge in [0.25, 0.3) is 0 Å². The number of fused-ring (bicyclic) bond motifs is 1. The van der Waals surface area contributed by atoms with Gasteiger partial charge in [0.15, 0.2) is 0 Å². The van der Waals surface area contributed by atoms with Crippen LogP contribution >= 0.6 is 0 Å². The predicted molar refractivity (Wildman–Crippen MR) is 114 cm³/mol. The smallest absolute Gasteiger partial charge is 0.339 e. The molecule has 5 heteroatoms. The maximum atomic E-state index is 11.9. The van der Waals surface area contributed by atoms with E-state index in [1.54, 1.807) is 6.07 Å². The van der Waals surface area contributed by atoms with Crippen LogP contribution in [-0.2, 0) is 21.4 Å². The van der Waals surface area contributed by atoms with E-state index in [-0.39, 0.29) is 23.4 Å². The molecular formula is C25H26O5. The van der Waals surface area contributed by atoms with Crippen LogP contribution in [0.2, 0.25) is 0 Å². The van der Waals surface area contributed by atoms with Crippen LogP contribution in [0.15, 0.2) is 36.4 Å². The van der Waals surface area contributed by atoms with Crippen LogP contribution in [0.1, 0.15) is 66.7 Å². The number of ether oxygens (including phenoxy) is 2. The SMILES string of the molecule is COC(=O)Cc1ccc(C#Cc2cc(C(=O)O)c3c(c2)C(C)(C)CC(C)(C)O3)cc1. The van der Waals surface area contributed by atoms with Crippen molar-refractivity contribution in [2.45, 2.75) is 51.6 Å². The second kappa shape index (κ2) is 7.87. The normalized spacial score (nSPS) is 15.8. The number of carboxylic acids is 1. The van der Waals surface area contributed by atoms with Crippen molar-refractivity contribution in [1.29, 1.82) is 0 Å². The van der Waals surface area contributed by atoms with Crippen LogP contribution in [0.3, 0.4) is 0 Å². The van der Waals surface area contributed by atoms with Gasteiger partial charge in [-0.1, -0.05) is 37.8 Å². The molecule has 0 aromatic heterocycles. The van der Waals surface area contributed by atoms with Crippen molar-refractivity contribution >= 4 is 11.9 Å². The van der Waals surface area contributed by atoms with Gasteiger partial charge in [-0.2, -0.15) is 0 Å². The molecule has 2 aromatic carbocycles. The molecule has 0 atom stereocenters. The summed E-state index contributed by atoms with van der Waals surface area (Å²) in [6.45, 7) is 8.14. The molecule has 156 valence electrons. The van der Waals surface area contributed by atoms with Gasteiger partial charge in [0.1, 0.15) is 16.9 Å². The van der Waals surface area contributed by atoms with Gasteiger partial charge in [-0.05, 0) is 55.5 Å². The minimum Gasteiger partial charge on any atom is -0.487 e. The van der Waals surface area contributed by atoms with E-state index in [0.717, 1.165) is 23.1 Å². The first-order valence-electron chi connectivity index (χ1n) is 9.79. The Bertz CT molecular complexity index is 1050. The zero-order valence-electron chi connectivity index (χ0n) is 18.0. The largest absolute Gasteiger partial charge is 0.487 e. The van der Waals surface area contributed by atoms with Crippen molar-refractivity contribution < 1.29 is 24.2 Å². The number of methoxy groups -OCH3 is 1. The summed E-state index contributed by atoms with van der Waals surface area (Å²) in [6.07, 6.45) is 0.979. The molecular weight excluding hydrogens is 380 g/mol. The van der Waals surface area contributed by atoms with E-state index in [0.29, 0.717) is 11.3 Å². The highest BCUT2D eigenvalue weighted by atomic mass is 16.5. The minimum absolute atomic E-state index is 0.131. The number of carboxylic acid groups (broad SMARTS) is 1. The fraction of sp³-hybridized carbons (Fsp3) is 0.360. The predicted octanol–water partition coefficient (Wildman–Crippen LogP) is 4.34. The van der Waals surface area contributed by atoms with E-state index in [1.165, 1.54) is 7.11 Å². The summed E-state index contributed by atoms with van der Waals surface area (Å²) in [5.74, 6) is 5.25. The lowest BCUT2D eigenvalue weighted by Gasteiger charge is -2.43. The van der Waals surface area contributed by atoms with Gasteiger partial charge in [0.05, 0.1) is 13.5 Å². The molecule has 1 N–H and O–H groups in total. The topological polar surface area (TPSA) is 72.8 Å². The molecule has 0 saturated carbocycles. The molecule has 0 radical (unpaired) electrons. The number of carbonyl (C=O) groups excluding carboxylic acids is 1. The molecule has 30 heavy (non-hydrogen) atoms. The van der Waals surface area contributed by atoms with E-state index >= 15 is 0 Å². The highest BCUT2D eigenvalue weighted by Gasteiger charge is 2.41. The van der Waals surface area contributed by atoms with E-state index < -0.39 is 11.6 Å². The van der Waals surface area contributed by atoms with Crippen LogP contribution in [0.25, 0.3) is 0 Å². The lowest BCUT2D eigenvalue weighted by atomic mass is 9.72. The Morgan fingerprint density at radius 2 is 1.70 bits per heavy atom. The van der Waals surface area contributed by atoms with Crippen molar-refractivity contribution in [3.8, 4) is 17.6 Å². The molecule has 5 nitrogen and oxygen atoms in total. The van der Waals surface area contributed by atoms with Gasteiger partial charge in [-0.25, -0.2) is 4.79 Å². The van der Waals surface area contributed by atoms with Crippen molar-refractivity contribution in [2.24, 2.45) is 0 Å². The lowest BCUT2D eigenvalue weighted by Crippen LogP contribution is -2.42. The van der Waals surface area contributed by atoms with Gasteiger partial charge < -0.3 is 14.6 Å². The fourth-order valence-corrected chi connectivity index (χ4v) is 4.03. The summed E-state index contributed by atoms with van der Waals surface area (Å²) >= 11 is 0. The summed E-state index contributed by atoms with van der Waals surface area (Å²) in [5.41, 5.74) is 2.55. The van der Waals surface area contributed by atoms with Gasteiger partial charge in [-0.15, -0.1) is 0 Å². The number of carbonyl (C=O) groups is 2. The van der Waals surface area contributed by atoms with Crippen molar-refractivity contribution in [2.75, 3.05) is 7.11 Å². The van der Waals surface area contributed by atoms with Crippen LogP contribution in [0.4, 0.5) is 0 Å². The van der Waals surface area contributed by atoms with Crippen LogP contribution < -0.4 is 4.74 Å². The summed E-state index contributed by atoms with van der Waals surface area (Å²) in [4.78, 5) is 23.3. The highest BCUT2D eigenvalue weighted by molar-refractivity contribution is 5.92. The number of aromatic carboxylic acids is 1. The van der Waals surface area contributed by atoms with Crippen molar-refractivity contribution in [1.82, 2.24) is 0 Å². The number of rotatable bonds is 3. The zero-order chi connectivity index (χ0) is 22.1. The standard InChI is InChI=1S/C25H26O5/c1-24(2)15-25(3,4)30-22-19(23(27)28)12-18(13-20(22)24)11-8-16-6-9-17(10-7-16)14-21(26)29-5/h6-7,9-10,12-13H,14-15H2,1-5H3,(H,27,28). The molecule has 1 aliphatic heterocycles. The molecule has 0 aliphatic carbocycles. The van der Waals surface area contributed by atoms with Crippen LogP contribution in [-0.4, -0.2) is 29.8 Å². The Balaban J connectivity index is 1.97. The Morgan fingerprint density at radius 1 is 1.07 bits per heavy atom. The monoisotopic (exact) mass is 406 g/mol. The molecule has 3 rings (SSSR count). The van der Waals surface area contributed by atoms with Gasteiger partial charge in [-0.3, -0.25) is 4.79 Å². The zero-order valence-corrected chi connectivity index (χ0v) is 18.0. The van der Waals surface area contributed by atoms with E-state index in [9.17, 15) is 14.7 Å². The Morgan fingerprint density at radius 3 is 2.30 bits per heavy atom. The van der Waals surface area contributed by atoms with Gasteiger partial charge in [0, 0.05) is 16.7 Å². The van der Waals surface area contributed by atoms with Crippen molar-refractivity contribution in [3.63, 3.8) is 0 Å². The number of esters is 1. The molecule has 0 bridgehead atoms. The van der Waals surface area contributed by atoms with Crippen LogP contribution in [0, 0.1) is 11.8 Å². The van der Waals surface area contributed by atoms with E-state index in [2.05, 4.69) is 30.4 Å². The Labute approximate surface area is 177 Å². The molecule has 0 spiro atoms. The number of hydrogen-bond acceptors (Lipinski definition) is 4. The molecule has 2 aromatic rings. The number of hydrogen-bond donors (Lipinski definition) is 1. The molecule has 1 aliphatic rings.